The Morgan fingerprint density at radius 1 is 1.17 bits per heavy atom. The van der Waals surface area contributed by atoms with E-state index < -0.39 is 0 Å². The molecule has 2 aromatic carbocycles. The van der Waals surface area contributed by atoms with Crippen molar-refractivity contribution in [2.45, 2.75) is 6.92 Å². The molecule has 0 spiro atoms. The highest BCUT2D eigenvalue weighted by Gasteiger charge is 2.22. The van der Waals surface area contributed by atoms with E-state index in [-0.39, 0.29) is 5.82 Å². The monoisotopic (exact) mass is 317 g/mol. The van der Waals surface area contributed by atoms with Gasteiger partial charge in [0.1, 0.15) is 24.5 Å². The minimum atomic E-state index is -0.358. The average Bonchev–Trinajstić information content (AvgIpc) is 2.93. The Bertz CT molecular complexity index is 1150. The molecular formula is C20H14FN2O+. The minimum absolute atomic E-state index is 0.358. The minimum Gasteiger partial charge on any atom is -0.455 e. The lowest BCUT2D eigenvalue weighted by Gasteiger charge is -2.07. The van der Waals surface area contributed by atoms with Crippen LogP contribution in [0.15, 0.2) is 53.1 Å². The Balaban J connectivity index is 2.26. The lowest BCUT2D eigenvalue weighted by atomic mass is 9.95. The van der Waals surface area contributed by atoms with Gasteiger partial charge in [-0.15, -0.1) is 0 Å². The van der Waals surface area contributed by atoms with Crippen LogP contribution in [0.2, 0.25) is 0 Å². The molecular weight excluding hydrogens is 303 g/mol. The molecule has 0 amide bonds. The van der Waals surface area contributed by atoms with Crippen molar-refractivity contribution < 1.29 is 13.4 Å². The first-order chi connectivity index (χ1) is 11.6. The molecule has 116 valence electrons. The fraction of sp³-hybridized carbons (Fsp3) is 0.100. The fourth-order valence-corrected chi connectivity index (χ4v) is 3.26. The molecule has 4 heteroatoms. The molecule has 0 aliphatic carbocycles. The van der Waals surface area contributed by atoms with Crippen LogP contribution in [0.5, 0.6) is 0 Å². The summed E-state index contributed by atoms with van der Waals surface area (Å²) < 4.78 is 21.4. The van der Waals surface area contributed by atoms with E-state index in [0.717, 1.165) is 27.6 Å². The summed E-state index contributed by atoms with van der Waals surface area (Å²) in [5.41, 5.74) is 4.40. The van der Waals surface area contributed by atoms with Crippen LogP contribution in [0.25, 0.3) is 33.2 Å². The smallest absolute Gasteiger partial charge is 0.213 e. The van der Waals surface area contributed by atoms with Gasteiger partial charge < -0.3 is 4.42 Å². The summed E-state index contributed by atoms with van der Waals surface area (Å²) in [6.45, 7) is 1.98. The van der Waals surface area contributed by atoms with Crippen molar-refractivity contribution in [2.24, 2.45) is 7.05 Å². The fourth-order valence-electron chi connectivity index (χ4n) is 3.26. The van der Waals surface area contributed by atoms with Crippen molar-refractivity contribution in [3.63, 3.8) is 0 Å². The largest absolute Gasteiger partial charge is 0.455 e. The van der Waals surface area contributed by atoms with E-state index in [2.05, 4.69) is 6.07 Å². The standard InChI is InChI=1S/C20H14FN2O/c1-12-9-13(11-22)20-19(15-7-6-14(21)10-17(15)24-20)18(12)16-5-3-4-8-23(16)2/h3-10H,1-2H3/q+1. The van der Waals surface area contributed by atoms with Gasteiger partial charge in [0.25, 0.3) is 0 Å². The van der Waals surface area contributed by atoms with Crippen molar-refractivity contribution >= 4 is 21.9 Å². The van der Waals surface area contributed by atoms with Crippen LogP contribution in [-0.2, 0) is 7.05 Å². The number of nitrogens with zero attached hydrogens (tertiary/aromatic N) is 2. The number of aromatic nitrogens is 1. The number of furan rings is 1. The van der Waals surface area contributed by atoms with Crippen LogP contribution in [0.1, 0.15) is 11.1 Å². The van der Waals surface area contributed by atoms with Gasteiger partial charge in [-0.05, 0) is 36.8 Å². The number of aryl methyl sites for hydroxylation is 2. The Kier molecular flexibility index (Phi) is 3.10. The van der Waals surface area contributed by atoms with E-state index in [0.29, 0.717) is 16.7 Å². The van der Waals surface area contributed by atoms with Gasteiger partial charge in [0.2, 0.25) is 5.69 Å². The molecule has 2 aromatic heterocycles. The molecule has 0 aliphatic rings. The Hall–Kier alpha value is -3.19. The SMILES string of the molecule is Cc1cc(C#N)c2oc3cc(F)ccc3c2c1-c1cccc[n+]1C. The first-order valence-electron chi connectivity index (χ1n) is 7.60. The zero-order valence-electron chi connectivity index (χ0n) is 13.3. The van der Waals surface area contributed by atoms with Gasteiger partial charge in [-0.1, -0.05) is 0 Å². The maximum absolute atomic E-state index is 13.6. The molecule has 0 aliphatic heterocycles. The summed E-state index contributed by atoms with van der Waals surface area (Å²) in [7, 11) is 1.97. The van der Waals surface area contributed by atoms with Crippen LogP contribution < -0.4 is 4.57 Å². The molecule has 0 unspecified atom stereocenters. The highest BCUT2D eigenvalue weighted by molar-refractivity contribution is 6.14. The van der Waals surface area contributed by atoms with Gasteiger partial charge in [-0.3, -0.25) is 0 Å². The molecule has 0 atom stereocenters. The third kappa shape index (κ3) is 1.99. The second kappa shape index (κ2) is 5.17. The zero-order valence-corrected chi connectivity index (χ0v) is 13.3. The number of fused-ring (bicyclic) bond motifs is 3. The third-order valence-corrected chi connectivity index (χ3v) is 4.33. The lowest BCUT2D eigenvalue weighted by Crippen LogP contribution is -2.30. The predicted octanol–water partition coefficient (Wildman–Crippen LogP) is 4.40. The summed E-state index contributed by atoms with van der Waals surface area (Å²) in [6.07, 6.45) is 1.97. The van der Waals surface area contributed by atoms with Crippen molar-refractivity contribution in [1.29, 1.82) is 5.26 Å². The maximum Gasteiger partial charge on any atom is 0.213 e. The van der Waals surface area contributed by atoms with Gasteiger partial charge in [0.05, 0.1) is 11.1 Å². The van der Waals surface area contributed by atoms with Crippen LogP contribution in [0, 0.1) is 24.1 Å². The molecule has 24 heavy (non-hydrogen) atoms. The van der Waals surface area contributed by atoms with Crippen LogP contribution >= 0.6 is 0 Å². The Labute approximate surface area is 138 Å². The summed E-state index contributed by atoms with van der Waals surface area (Å²) in [6, 6.07) is 14.5. The average molecular weight is 317 g/mol. The molecule has 4 rings (SSSR count). The number of benzene rings is 2. The highest BCUT2D eigenvalue weighted by atomic mass is 19.1. The van der Waals surface area contributed by atoms with Gasteiger partial charge in [-0.2, -0.15) is 5.26 Å². The topological polar surface area (TPSA) is 40.8 Å². The first-order valence-corrected chi connectivity index (χ1v) is 7.60. The quantitative estimate of drug-likeness (QED) is 0.488. The van der Waals surface area contributed by atoms with Crippen molar-refractivity contribution in [2.75, 3.05) is 0 Å². The zero-order chi connectivity index (χ0) is 16.8. The predicted molar refractivity (Wildman–Crippen MR) is 89.7 cm³/mol. The van der Waals surface area contributed by atoms with E-state index in [1.807, 2.05) is 49.0 Å². The summed E-state index contributed by atoms with van der Waals surface area (Å²) >= 11 is 0. The number of halogens is 1. The molecule has 0 radical (unpaired) electrons. The lowest BCUT2D eigenvalue weighted by molar-refractivity contribution is -0.660. The summed E-state index contributed by atoms with van der Waals surface area (Å²) in [5, 5.41) is 11.1. The Morgan fingerprint density at radius 3 is 2.75 bits per heavy atom. The van der Waals surface area contributed by atoms with Crippen molar-refractivity contribution in [3.8, 4) is 17.3 Å². The van der Waals surface area contributed by atoms with Crippen LogP contribution in [0.4, 0.5) is 4.39 Å². The molecule has 4 aromatic rings. The first kappa shape index (κ1) is 14.4. The second-order valence-corrected chi connectivity index (χ2v) is 5.87. The van der Waals surface area contributed by atoms with Crippen LogP contribution in [-0.4, -0.2) is 0 Å². The molecule has 0 bridgehead atoms. The van der Waals surface area contributed by atoms with Crippen molar-refractivity contribution in [1.82, 2.24) is 0 Å². The number of pyridine rings is 1. The molecule has 0 N–H and O–H groups in total. The Morgan fingerprint density at radius 2 is 2.00 bits per heavy atom. The maximum atomic E-state index is 13.6. The molecule has 2 heterocycles. The van der Waals surface area contributed by atoms with Gasteiger partial charge in [0, 0.05) is 29.0 Å². The van der Waals surface area contributed by atoms with Crippen LogP contribution in [0.3, 0.4) is 0 Å². The summed E-state index contributed by atoms with van der Waals surface area (Å²) in [5.74, 6) is -0.358. The second-order valence-electron chi connectivity index (χ2n) is 5.87. The normalized spacial score (nSPS) is 11.1. The highest BCUT2D eigenvalue weighted by Crippen LogP contribution is 2.39. The number of nitriles is 1. The van der Waals surface area contributed by atoms with Gasteiger partial charge in [0.15, 0.2) is 11.8 Å². The molecule has 0 saturated heterocycles. The molecule has 3 nitrogen and oxygen atoms in total. The van der Waals surface area contributed by atoms with Crippen molar-refractivity contribution in [3.05, 3.63) is 65.6 Å². The third-order valence-electron chi connectivity index (χ3n) is 4.33. The molecule has 0 fully saturated rings. The van der Waals surface area contributed by atoms with Gasteiger partial charge in [-0.25, -0.2) is 8.96 Å². The number of hydrogen-bond donors (Lipinski definition) is 0. The molecule has 0 saturated carbocycles. The van der Waals surface area contributed by atoms with E-state index in [1.54, 1.807) is 6.07 Å². The van der Waals surface area contributed by atoms with E-state index in [9.17, 15) is 9.65 Å². The number of rotatable bonds is 1. The van der Waals surface area contributed by atoms with Gasteiger partial charge >= 0.3 is 0 Å². The van der Waals surface area contributed by atoms with E-state index >= 15 is 0 Å². The number of hydrogen-bond acceptors (Lipinski definition) is 2. The summed E-state index contributed by atoms with van der Waals surface area (Å²) in [4.78, 5) is 0. The van der Waals surface area contributed by atoms with E-state index in [1.165, 1.54) is 12.1 Å². The van der Waals surface area contributed by atoms with E-state index in [4.69, 9.17) is 4.42 Å².